The summed E-state index contributed by atoms with van der Waals surface area (Å²) < 4.78 is 10.6. The van der Waals surface area contributed by atoms with Gasteiger partial charge in [-0.05, 0) is 42.3 Å². The largest absolute Gasteiger partial charge is 0.497 e. The number of rotatable bonds is 6. The normalized spacial score (nSPS) is 14.9. The highest BCUT2D eigenvalue weighted by atomic mass is 16.5. The number of benzene rings is 2. The van der Waals surface area contributed by atoms with Gasteiger partial charge >= 0.3 is 0 Å². The van der Waals surface area contributed by atoms with Crippen LogP contribution in [0.25, 0.3) is 6.08 Å². The lowest BCUT2D eigenvalue weighted by atomic mass is 10.1. The average molecular weight is 405 g/mol. The number of hydrogen-bond donors (Lipinski definition) is 0. The Morgan fingerprint density at radius 2 is 1.87 bits per heavy atom. The highest BCUT2D eigenvalue weighted by Gasteiger charge is 2.18. The predicted molar refractivity (Wildman–Crippen MR) is 116 cm³/mol. The van der Waals surface area contributed by atoms with Crippen molar-refractivity contribution in [3.63, 3.8) is 0 Å². The monoisotopic (exact) mass is 405 g/mol. The number of hydrogen-bond acceptors (Lipinski definition) is 5. The van der Waals surface area contributed by atoms with Gasteiger partial charge in [-0.2, -0.15) is 5.26 Å². The molecular weight excluding hydrogens is 378 g/mol. The van der Waals surface area contributed by atoms with E-state index >= 15 is 0 Å². The average Bonchev–Trinajstić information content (AvgIpc) is 3.03. The van der Waals surface area contributed by atoms with Gasteiger partial charge in [0.1, 0.15) is 11.5 Å². The number of methoxy groups -OCH3 is 2. The summed E-state index contributed by atoms with van der Waals surface area (Å²) >= 11 is 0. The fourth-order valence-electron chi connectivity index (χ4n) is 3.51. The minimum absolute atomic E-state index is 0.00749. The molecule has 1 amide bonds. The molecule has 0 saturated carbocycles. The fraction of sp³-hybridized carbons (Fsp3) is 0.333. The summed E-state index contributed by atoms with van der Waals surface area (Å²) in [5, 5.41) is 8.92. The molecule has 1 fully saturated rings. The second kappa shape index (κ2) is 10.5. The van der Waals surface area contributed by atoms with Gasteiger partial charge in [-0.15, -0.1) is 0 Å². The molecule has 2 aromatic carbocycles. The van der Waals surface area contributed by atoms with E-state index in [9.17, 15) is 4.79 Å². The molecule has 156 valence electrons. The zero-order valence-corrected chi connectivity index (χ0v) is 17.5. The Labute approximate surface area is 177 Å². The Morgan fingerprint density at radius 1 is 1.07 bits per heavy atom. The minimum atomic E-state index is 0.00749. The van der Waals surface area contributed by atoms with Crippen LogP contribution in [0.15, 0.2) is 48.5 Å². The van der Waals surface area contributed by atoms with Gasteiger partial charge in [0.05, 0.1) is 25.9 Å². The first-order valence-electron chi connectivity index (χ1n) is 10.0. The topological polar surface area (TPSA) is 65.8 Å². The van der Waals surface area contributed by atoms with Crippen molar-refractivity contribution in [1.82, 2.24) is 9.80 Å². The molecule has 0 aliphatic carbocycles. The second-order valence-electron chi connectivity index (χ2n) is 7.20. The molecule has 1 aliphatic rings. The first-order chi connectivity index (χ1) is 14.6. The molecule has 6 nitrogen and oxygen atoms in total. The first-order valence-corrected chi connectivity index (χ1v) is 10.0. The summed E-state index contributed by atoms with van der Waals surface area (Å²) in [5.41, 5.74) is 2.69. The quantitative estimate of drug-likeness (QED) is 0.690. The Bertz CT molecular complexity index is 932. The van der Waals surface area contributed by atoms with Crippen LogP contribution in [0.5, 0.6) is 11.5 Å². The molecule has 3 rings (SSSR count). The number of carbonyl (C=O) groups excluding carboxylic acids is 1. The first kappa shape index (κ1) is 21.4. The minimum Gasteiger partial charge on any atom is -0.497 e. The number of ether oxygens (including phenoxy) is 2. The van der Waals surface area contributed by atoms with E-state index in [1.807, 2.05) is 41.3 Å². The van der Waals surface area contributed by atoms with Crippen LogP contribution in [-0.2, 0) is 11.3 Å². The number of nitrogens with zero attached hydrogens (tertiary/aromatic N) is 3. The van der Waals surface area contributed by atoms with Crippen molar-refractivity contribution in [2.75, 3.05) is 40.4 Å². The van der Waals surface area contributed by atoms with Crippen LogP contribution in [0.1, 0.15) is 23.1 Å². The van der Waals surface area contributed by atoms with Gasteiger partial charge in [-0.1, -0.05) is 12.1 Å². The van der Waals surface area contributed by atoms with Crippen LogP contribution >= 0.6 is 0 Å². The summed E-state index contributed by atoms with van der Waals surface area (Å²) in [4.78, 5) is 17.0. The SMILES string of the molecule is COc1ccc(/C=C/C(=O)N2CCCN(Cc3ccc(C#N)cc3)CC2)c(OC)c1. The molecule has 0 unspecified atom stereocenters. The lowest BCUT2D eigenvalue weighted by molar-refractivity contribution is -0.125. The van der Waals surface area contributed by atoms with E-state index in [4.69, 9.17) is 14.7 Å². The van der Waals surface area contributed by atoms with Gasteiger partial charge in [0.2, 0.25) is 5.91 Å². The second-order valence-corrected chi connectivity index (χ2v) is 7.20. The molecule has 0 atom stereocenters. The number of carbonyl (C=O) groups is 1. The van der Waals surface area contributed by atoms with Crippen LogP contribution in [0, 0.1) is 11.3 Å². The van der Waals surface area contributed by atoms with Crippen LogP contribution in [0.3, 0.4) is 0 Å². The van der Waals surface area contributed by atoms with E-state index in [0.717, 1.165) is 38.2 Å². The molecule has 6 heteroatoms. The fourth-order valence-corrected chi connectivity index (χ4v) is 3.51. The van der Waals surface area contributed by atoms with Crippen molar-refractivity contribution in [3.8, 4) is 17.6 Å². The molecule has 1 saturated heterocycles. The Kier molecular flexibility index (Phi) is 7.47. The standard InChI is InChI=1S/C24H27N3O3/c1-29-22-10-8-21(23(16-22)30-2)9-11-24(28)27-13-3-12-26(14-15-27)18-20-6-4-19(17-25)5-7-20/h4-11,16H,3,12-15,18H2,1-2H3/b11-9+. The summed E-state index contributed by atoms with van der Waals surface area (Å²) in [5.74, 6) is 1.39. The zero-order chi connectivity index (χ0) is 21.3. The Balaban J connectivity index is 1.57. The van der Waals surface area contributed by atoms with E-state index in [-0.39, 0.29) is 5.91 Å². The zero-order valence-electron chi connectivity index (χ0n) is 17.5. The molecule has 30 heavy (non-hydrogen) atoms. The van der Waals surface area contributed by atoms with Gasteiger partial charge in [0.25, 0.3) is 0 Å². The van der Waals surface area contributed by atoms with Gasteiger partial charge in [-0.25, -0.2) is 0 Å². The van der Waals surface area contributed by atoms with Crippen LogP contribution in [0.4, 0.5) is 0 Å². The van der Waals surface area contributed by atoms with Crippen LogP contribution in [-0.4, -0.2) is 56.1 Å². The summed E-state index contributed by atoms with van der Waals surface area (Å²) in [6, 6.07) is 15.4. The maximum Gasteiger partial charge on any atom is 0.246 e. The van der Waals surface area contributed by atoms with Gasteiger partial charge in [0, 0.05) is 50.4 Å². The maximum absolute atomic E-state index is 12.7. The van der Waals surface area contributed by atoms with Crippen LogP contribution < -0.4 is 9.47 Å². The third-order valence-electron chi connectivity index (χ3n) is 5.24. The number of nitriles is 1. The van der Waals surface area contributed by atoms with E-state index in [1.165, 1.54) is 5.56 Å². The van der Waals surface area contributed by atoms with Crippen molar-refractivity contribution in [2.45, 2.75) is 13.0 Å². The molecule has 2 aromatic rings. The smallest absolute Gasteiger partial charge is 0.246 e. The Morgan fingerprint density at radius 3 is 2.57 bits per heavy atom. The predicted octanol–water partition coefficient (Wildman–Crippen LogP) is 3.32. The lowest BCUT2D eigenvalue weighted by Gasteiger charge is -2.21. The molecule has 1 heterocycles. The van der Waals surface area contributed by atoms with Crippen molar-refractivity contribution in [3.05, 3.63) is 65.2 Å². The van der Waals surface area contributed by atoms with Crippen LogP contribution in [0.2, 0.25) is 0 Å². The third kappa shape index (κ3) is 5.62. The Hall–Kier alpha value is -3.30. The van der Waals surface area contributed by atoms with Crippen molar-refractivity contribution in [2.24, 2.45) is 0 Å². The highest BCUT2D eigenvalue weighted by Crippen LogP contribution is 2.25. The summed E-state index contributed by atoms with van der Waals surface area (Å²) in [6.45, 7) is 4.03. The number of amides is 1. The van der Waals surface area contributed by atoms with Crippen molar-refractivity contribution in [1.29, 1.82) is 5.26 Å². The molecule has 0 aromatic heterocycles. The molecular formula is C24H27N3O3. The summed E-state index contributed by atoms with van der Waals surface area (Å²) in [7, 11) is 3.21. The maximum atomic E-state index is 12.7. The molecule has 0 spiro atoms. The highest BCUT2D eigenvalue weighted by molar-refractivity contribution is 5.92. The van der Waals surface area contributed by atoms with E-state index in [2.05, 4.69) is 11.0 Å². The molecule has 0 bridgehead atoms. The summed E-state index contributed by atoms with van der Waals surface area (Å²) in [6.07, 6.45) is 4.34. The lowest BCUT2D eigenvalue weighted by Crippen LogP contribution is -2.34. The van der Waals surface area contributed by atoms with E-state index < -0.39 is 0 Å². The van der Waals surface area contributed by atoms with E-state index in [0.29, 0.717) is 23.6 Å². The molecule has 0 radical (unpaired) electrons. The van der Waals surface area contributed by atoms with Crippen molar-refractivity contribution >= 4 is 12.0 Å². The van der Waals surface area contributed by atoms with Gasteiger partial charge in [-0.3, -0.25) is 9.69 Å². The third-order valence-corrected chi connectivity index (χ3v) is 5.24. The van der Waals surface area contributed by atoms with Gasteiger partial charge < -0.3 is 14.4 Å². The van der Waals surface area contributed by atoms with Gasteiger partial charge in [0.15, 0.2) is 0 Å². The van der Waals surface area contributed by atoms with E-state index in [1.54, 1.807) is 32.4 Å². The van der Waals surface area contributed by atoms with Crippen molar-refractivity contribution < 1.29 is 14.3 Å². The molecule has 1 aliphatic heterocycles. The molecule has 0 N–H and O–H groups in total.